The second kappa shape index (κ2) is 15.2. The summed E-state index contributed by atoms with van der Waals surface area (Å²) in [6.07, 6.45) is 31.1. The minimum atomic E-state index is 0. The Morgan fingerprint density at radius 2 is 0.526 bits per heavy atom. The normalized spacial score (nSPS) is 11.2. The predicted molar refractivity (Wildman–Crippen MR) is 230 cm³/mol. The van der Waals surface area contributed by atoms with Crippen LogP contribution in [0.5, 0.6) is 0 Å². The van der Waals surface area contributed by atoms with Gasteiger partial charge in [0, 0.05) is 22.3 Å². The number of fused-ring (bicyclic) bond motifs is 8. The topological polar surface area (TPSA) is 54.0 Å². The van der Waals surface area contributed by atoms with Gasteiger partial charge < -0.3 is 9.97 Å². The molecule has 4 aromatic carbocycles. The molecule has 57 heavy (non-hydrogen) atoms. The Bertz CT molecular complexity index is 2710. The first-order valence-corrected chi connectivity index (χ1v) is 17.9. The molecule has 0 aliphatic carbocycles. The summed E-state index contributed by atoms with van der Waals surface area (Å²) in [6.45, 7) is 0. The van der Waals surface area contributed by atoms with Gasteiger partial charge in [0.2, 0.25) is 0 Å². The minimum Gasteiger partial charge on any atom is -0.657 e. The van der Waals surface area contributed by atoms with Crippen LogP contribution in [-0.4, -0.2) is 9.97 Å². The van der Waals surface area contributed by atoms with Crippen LogP contribution in [0.4, 0.5) is 0 Å². The molecule has 0 atom stereocenters. The maximum Gasteiger partial charge on any atom is 2.00 e. The van der Waals surface area contributed by atoms with Crippen LogP contribution in [0.25, 0.3) is 90.9 Å². The number of nitrogens with zero attached hydrogens (tertiary/aromatic N) is 4. The van der Waals surface area contributed by atoms with Crippen LogP contribution in [0.3, 0.4) is 0 Å². The molecule has 5 heteroatoms. The standard InChI is InChI=1S/C52H28N4.Zn/c1-5-33-9-17-37(18-10-33)49-41-25-27-43(53-41)50(38-19-11-34(6-2)12-20-38)45-29-31-47(55-45)52(40-23-15-36(8-4)16-24-40)48-32-30-46(56-48)51(44-28-26-42(49)54-44)39-21-13-35(7-3)14-22-39;/h1-4,9-32H;/q-2;+2. The van der Waals surface area contributed by atoms with Gasteiger partial charge in [0.05, 0.1) is 22.8 Å². The van der Waals surface area contributed by atoms with Crippen molar-refractivity contribution in [1.82, 2.24) is 19.9 Å². The molecule has 5 heterocycles. The zero-order valence-corrected chi connectivity index (χ0v) is 33.6. The molecule has 0 saturated carbocycles. The monoisotopic (exact) mass is 772 g/mol. The first kappa shape index (κ1) is 36.3. The molecule has 0 saturated heterocycles. The second-order valence-corrected chi connectivity index (χ2v) is 13.2. The first-order chi connectivity index (χ1) is 27.5. The van der Waals surface area contributed by atoms with E-state index < -0.39 is 0 Å². The molecule has 0 radical (unpaired) electrons. The zero-order chi connectivity index (χ0) is 38.2. The van der Waals surface area contributed by atoms with E-state index in [2.05, 4.69) is 23.7 Å². The van der Waals surface area contributed by atoms with Gasteiger partial charge in [-0.1, -0.05) is 96.5 Å². The van der Waals surface area contributed by atoms with Gasteiger partial charge in [0.1, 0.15) is 0 Å². The van der Waals surface area contributed by atoms with Crippen LogP contribution in [0, 0.1) is 49.4 Å². The Labute approximate surface area is 344 Å². The fraction of sp³-hybridized carbons (Fsp3) is 0. The Balaban J connectivity index is 0.00000455. The summed E-state index contributed by atoms with van der Waals surface area (Å²) in [5.74, 6) is 10.9. The van der Waals surface area contributed by atoms with Gasteiger partial charge in [0.25, 0.3) is 0 Å². The van der Waals surface area contributed by atoms with Gasteiger partial charge in [0.15, 0.2) is 0 Å². The molecule has 0 amide bonds. The molecule has 8 bridgehead atoms. The third-order valence-electron chi connectivity index (χ3n) is 9.97. The van der Waals surface area contributed by atoms with Crippen molar-refractivity contribution in [2.24, 2.45) is 0 Å². The fourth-order valence-corrected chi connectivity index (χ4v) is 7.20. The molecule has 7 aromatic rings. The molecule has 258 valence electrons. The largest absolute Gasteiger partial charge is 2.00 e. The molecular weight excluding hydrogens is 746 g/mol. The molecular formula is C52H28N4Zn. The molecule has 0 spiro atoms. The van der Waals surface area contributed by atoms with E-state index in [0.717, 1.165) is 112 Å². The second-order valence-electron chi connectivity index (χ2n) is 13.2. The number of terminal acetylenes is 4. The van der Waals surface area contributed by atoms with Crippen LogP contribution in [0.15, 0.2) is 121 Å². The third-order valence-corrected chi connectivity index (χ3v) is 9.97. The van der Waals surface area contributed by atoms with E-state index in [9.17, 15) is 0 Å². The van der Waals surface area contributed by atoms with E-state index in [1.165, 1.54) is 0 Å². The van der Waals surface area contributed by atoms with Crippen LogP contribution in [0.2, 0.25) is 0 Å². The average molecular weight is 774 g/mol. The Kier molecular flexibility index (Phi) is 9.71. The molecule has 0 N–H and O–H groups in total. The van der Waals surface area contributed by atoms with Crippen molar-refractivity contribution in [2.75, 3.05) is 0 Å². The van der Waals surface area contributed by atoms with Crippen LogP contribution < -0.4 is 9.97 Å². The van der Waals surface area contributed by atoms with Crippen molar-refractivity contribution in [3.05, 3.63) is 166 Å². The van der Waals surface area contributed by atoms with E-state index in [1.54, 1.807) is 0 Å². The van der Waals surface area contributed by atoms with Crippen molar-refractivity contribution in [1.29, 1.82) is 0 Å². The summed E-state index contributed by atoms with van der Waals surface area (Å²) in [4.78, 5) is 21.3. The van der Waals surface area contributed by atoms with E-state index in [1.807, 2.05) is 146 Å². The van der Waals surface area contributed by atoms with Gasteiger partial charge in [-0.15, -0.1) is 47.8 Å². The van der Waals surface area contributed by atoms with Crippen molar-refractivity contribution >= 4 is 46.4 Å². The quantitative estimate of drug-likeness (QED) is 0.132. The van der Waals surface area contributed by atoms with Crippen molar-refractivity contribution in [2.45, 2.75) is 0 Å². The van der Waals surface area contributed by atoms with Crippen molar-refractivity contribution in [3.8, 4) is 93.9 Å². The molecule has 0 unspecified atom stereocenters. The summed E-state index contributed by atoms with van der Waals surface area (Å²) in [5.41, 5.74) is 16.3. The Morgan fingerprint density at radius 3 is 0.719 bits per heavy atom. The first-order valence-electron chi connectivity index (χ1n) is 17.9. The molecule has 4 nitrogen and oxygen atoms in total. The number of benzene rings is 4. The smallest absolute Gasteiger partial charge is 0.657 e. The van der Waals surface area contributed by atoms with Crippen LogP contribution >= 0.6 is 0 Å². The van der Waals surface area contributed by atoms with Gasteiger partial charge in [-0.2, -0.15) is 0 Å². The van der Waals surface area contributed by atoms with E-state index in [0.29, 0.717) is 0 Å². The Morgan fingerprint density at radius 1 is 0.316 bits per heavy atom. The third kappa shape index (κ3) is 6.72. The zero-order valence-electron chi connectivity index (χ0n) is 30.7. The predicted octanol–water partition coefficient (Wildman–Crippen LogP) is 10.5. The van der Waals surface area contributed by atoms with Gasteiger partial charge in [-0.3, -0.25) is 0 Å². The van der Waals surface area contributed by atoms with E-state index >= 15 is 0 Å². The Hall–Kier alpha value is -7.66. The maximum atomic E-state index is 5.75. The van der Waals surface area contributed by atoms with Crippen molar-refractivity contribution < 1.29 is 19.5 Å². The number of hydrogen-bond acceptors (Lipinski definition) is 2. The van der Waals surface area contributed by atoms with Crippen LogP contribution in [-0.2, 0) is 19.5 Å². The molecule has 2 aliphatic rings. The summed E-state index contributed by atoms with van der Waals surface area (Å²) < 4.78 is 0. The summed E-state index contributed by atoms with van der Waals surface area (Å²) in [6, 6.07) is 39.7. The maximum absolute atomic E-state index is 5.75. The van der Waals surface area contributed by atoms with E-state index in [-0.39, 0.29) is 19.5 Å². The summed E-state index contributed by atoms with van der Waals surface area (Å²) in [7, 11) is 0. The summed E-state index contributed by atoms with van der Waals surface area (Å²) in [5, 5.41) is 0. The van der Waals surface area contributed by atoms with Crippen molar-refractivity contribution in [3.63, 3.8) is 0 Å². The summed E-state index contributed by atoms with van der Waals surface area (Å²) >= 11 is 0. The number of rotatable bonds is 4. The molecule has 9 rings (SSSR count). The van der Waals surface area contributed by atoms with Gasteiger partial charge >= 0.3 is 19.5 Å². The minimum absolute atomic E-state index is 0. The van der Waals surface area contributed by atoms with E-state index in [4.69, 9.17) is 45.6 Å². The van der Waals surface area contributed by atoms with Crippen LogP contribution in [0.1, 0.15) is 45.0 Å². The molecule has 2 aliphatic heterocycles. The van der Waals surface area contributed by atoms with Gasteiger partial charge in [-0.05, 0) is 117 Å². The van der Waals surface area contributed by atoms with Gasteiger partial charge in [-0.25, -0.2) is 9.97 Å². The fourth-order valence-electron chi connectivity index (χ4n) is 7.20. The SMILES string of the molecule is C#Cc1ccc(-c2c3nc(c(-c4ccc(C#C)cc4)c4ccc([n-]4)c(-c4ccc(C#C)cc4)c4nc(c(-c5ccc(C#C)cc5)c5ccc2[n-]5)C=C4)C=C3)cc1.[Zn+2]. The molecule has 0 fully saturated rings. The number of aromatic nitrogens is 4. The molecule has 3 aromatic heterocycles. The number of hydrogen-bond donors (Lipinski definition) is 0. The average Bonchev–Trinajstić information content (AvgIpc) is 4.10.